The molecule has 6 heteroatoms. The van der Waals surface area contributed by atoms with Crippen molar-refractivity contribution in [3.05, 3.63) is 27.5 Å². The van der Waals surface area contributed by atoms with Gasteiger partial charge in [-0.2, -0.15) is 0 Å². The second-order valence-corrected chi connectivity index (χ2v) is 5.61. The van der Waals surface area contributed by atoms with Crippen molar-refractivity contribution in [2.45, 2.75) is 0 Å². The predicted octanol–water partition coefficient (Wildman–Crippen LogP) is 2.62. The lowest BCUT2D eigenvalue weighted by molar-refractivity contribution is 0.0942. The molecule has 1 amide bonds. The molecule has 2 rings (SSSR count). The number of carbonyl (C=O) groups excluding carboxylic acids is 1. The molecule has 96 valence electrons. The van der Waals surface area contributed by atoms with E-state index in [1.807, 2.05) is 18.2 Å². The molecule has 0 unspecified atom stereocenters. The average Bonchev–Trinajstić information content (AvgIpc) is 2.68. The number of hydrogen-bond donors (Lipinski definition) is 2. The molecule has 1 aromatic carbocycles. The summed E-state index contributed by atoms with van der Waals surface area (Å²) in [5.74, 6) is -0.155. The Hall–Kier alpha value is -1.11. The molecule has 2 aromatic rings. The van der Waals surface area contributed by atoms with Gasteiger partial charge in [0.25, 0.3) is 5.91 Å². The molecule has 0 aliphatic carbocycles. The van der Waals surface area contributed by atoms with Gasteiger partial charge in [-0.05, 0) is 12.1 Å². The summed E-state index contributed by atoms with van der Waals surface area (Å²) < 4.78 is 6.79. The van der Waals surface area contributed by atoms with Crippen molar-refractivity contribution in [2.75, 3.05) is 26.0 Å². The number of nitrogen functional groups attached to an aromatic ring is 1. The maximum Gasteiger partial charge on any atom is 0.263 e. The van der Waals surface area contributed by atoms with E-state index < -0.39 is 0 Å². The summed E-state index contributed by atoms with van der Waals surface area (Å²) in [6, 6.07) is 5.79. The van der Waals surface area contributed by atoms with E-state index in [9.17, 15) is 4.79 Å². The number of benzene rings is 1. The monoisotopic (exact) mass is 328 g/mol. The Balaban J connectivity index is 2.31. The minimum atomic E-state index is -0.155. The van der Waals surface area contributed by atoms with E-state index in [0.29, 0.717) is 23.7 Å². The Kier molecular flexibility index (Phi) is 4.21. The second-order valence-electron chi connectivity index (χ2n) is 3.71. The largest absolute Gasteiger partial charge is 0.397 e. The van der Waals surface area contributed by atoms with Crippen LogP contribution in [0.1, 0.15) is 9.67 Å². The highest BCUT2D eigenvalue weighted by atomic mass is 79.9. The van der Waals surface area contributed by atoms with E-state index in [1.54, 1.807) is 7.11 Å². The van der Waals surface area contributed by atoms with Crippen molar-refractivity contribution < 1.29 is 9.53 Å². The van der Waals surface area contributed by atoms with Gasteiger partial charge < -0.3 is 15.8 Å². The topological polar surface area (TPSA) is 64.3 Å². The molecule has 0 spiro atoms. The van der Waals surface area contributed by atoms with Crippen LogP contribution in [0.4, 0.5) is 5.69 Å². The molecule has 0 bridgehead atoms. The highest BCUT2D eigenvalue weighted by molar-refractivity contribution is 9.10. The first-order chi connectivity index (χ1) is 8.65. The van der Waals surface area contributed by atoms with Gasteiger partial charge in [-0.1, -0.05) is 22.0 Å². The van der Waals surface area contributed by atoms with Gasteiger partial charge in [-0.15, -0.1) is 11.3 Å². The molecule has 0 aliphatic heterocycles. The molecule has 0 atom stereocenters. The normalized spacial score (nSPS) is 10.8. The summed E-state index contributed by atoms with van der Waals surface area (Å²) in [5.41, 5.74) is 6.56. The zero-order valence-corrected chi connectivity index (χ0v) is 12.2. The number of ether oxygens (including phenoxy) is 1. The van der Waals surface area contributed by atoms with Crippen molar-refractivity contribution in [1.29, 1.82) is 0 Å². The van der Waals surface area contributed by atoms with Crippen LogP contribution in [-0.2, 0) is 4.74 Å². The predicted molar refractivity (Wildman–Crippen MR) is 78.1 cm³/mol. The number of anilines is 1. The molecular weight excluding hydrogens is 316 g/mol. The Morgan fingerprint density at radius 1 is 1.56 bits per heavy atom. The summed E-state index contributed by atoms with van der Waals surface area (Å²) in [4.78, 5) is 12.5. The third-order valence-corrected chi connectivity index (χ3v) is 4.33. The number of methoxy groups -OCH3 is 1. The zero-order chi connectivity index (χ0) is 13.1. The average molecular weight is 329 g/mol. The van der Waals surface area contributed by atoms with Gasteiger partial charge in [0.2, 0.25) is 0 Å². The fourth-order valence-electron chi connectivity index (χ4n) is 1.64. The minimum Gasteiger partial charge on any atom is -0.397 e. The lowest BCUT2D eigenvalue weighted by atomic mass is 10.2. The molecule has 0 radical (unpaired) electrons. The zero-order valence-electron chi connectivity index (χ0n) is 9.83. The molecule has 3 N–H and O–H groups in total. The number of nitrogens with one attached hydrogen (secondary N) is 1. The third-order valence-electron chi connectivity index (χ3n) is 2.50. The van der Waals surface area contributed by atoms with Crippen molar-refractivity contribution in [3.8, 4) is 0 Å². The quantitative estimate of drug-likeness (QED) is 0.848. The maximum atomic E-state index is 12.0. The molecule has 0 fully saturated rings. The van der Waals surface area contributed by atoms with E-state index in [0.717, 1.165) is 14.6 Å². The van der Waals surface area contributed by atoms with E-state index >= 15 is 0 Å². The molecule has 4 nitrogen and oxygen atoms in total. The van der Waals surface area contributed by atoms with Crippen LogP contribution in [0.5, 0.6) is 0 Å². The Morgan fingerprint density at radius 2 is 2.33 bits per heavy atom. The summed E-state index contributed by atoms with van der Waals surface area (Å²) in [5, 5.41) is 3.67. The molecule has 0 aliphatic rings. The van der Waals surface area contributed by atoms with Crippen LogP contribution in [0.25, 0.3) is 10.1 Å². The van der Waals surface area contributed by atoms with E-state index in [-0.39, 0.29) is 5.91 Å². The lowest BCUT2D eigenvalue weighted by Crippen LogP contribution is -2.26. The first-order valence-electron chi connectivity index (χ1n) is 5.38. The van der Waals surface area contributed by atoms with Crippen LogP contribution in [0.15, 0.2) is 22.7 Å². The highest BCUT2D eigenvalue weighted by Gasteiger charge is 2.17. The summed E-state index contributed by atoms with van der Waals surface area (Å²) in [6.07, 6.45) is 0. The van der Waals surface area contributed by atoms with Gasteiger partial charge in [0.05, 0.1) is 12.3 Å². The number of hydrogen-bond acceptors (Lipinski definition) is 4. The number of amides is 1. The van der Waals surface area contributed by atoms with E-state index in [2.05, 4.69) is 21.2 Å². The molecular formula is C12H13BrN2O2S. The Morgan fingerprint density at radius 3 is 3.00 bits per heavy atom. The first-order valence-corrected chi connectivity index (χ1v) is 6.99. The van der Waals surface area contributed by atoms with Gasteiger partial charge >= 0.3 is 0 Å². The van der Waals surface area contributed by atoms with Crippen molar-refractivity contribution in [3.63, 3.8) is 0 Å². The fourth-order valence-corrected chi connectivity index (χ4v) is 3.42. The number of rotatable bonds is 4. The van der Waals surface area contributed by atoms with Gasteiger partial charge in [0.1, 0.15) is 4.88 Å². The van der Waals surface area contributed by atoms with Crippen molar-refractivity contribution in [1.82, 2.24) is 5.32 Å². The van der Waals surface area contributed by atoms with Crippen LogP contribution in [0.2, 0.25) is 0 Å². The van der Waals surface area contributed by atoms with Crippen molar-refractivity contribution in [2.24, 2.45) is 0 Å². The summed E-state index contributed by atoms with van der Waals surface area (Å²) >= 11 is 4.85. The first kappa shape index (κ1) is 13.3. The van der Waals surface area contributed by atoms with E-state index in [4.69, 9.17) is 10.5 Å². The van der Waals surface area contributed by atoms with Gasteiger partial charge in [-0.3, -0.25) is 4.79 Å². The lowest BCUT2D eigenvalue weighted by Gasteiger charge is -2.03. The van der Waals surface area contributed by atoms with Crippen LogP contribution in [-0.4, -0.2) is 26.2 Å². The van der Waals surface area contributed by atoms with Crippen LogP contribution < -0.4 is 11.1 Å². The van der Waals surface area contributed by atoms with Crippen LogP contribution >= 0.6 is 27.3 Å². The number of fused-ring (bicyclic) bond motifs is 1. The third kappa shape index (κ3) is 2.50. The highest BCUT2D eigenvalue weighted by Crippen LogP contribution is 2.37. The molecule has 0 saturated heterocycles. The second kappa shape index (κ2) is 5.69. The molecule has 0 saturated carbocycles. The number of nitrogens with two attached hydrogens (primary N) is 1. The number of carbonyl (C=O) groups is 1. The fraction of sp³-hybridized carbons (Fsp3) is 0.250. The van der Waals surface area contributed by atoms with Crippen LogP contribution in [0, 0.1) is 0 Å². The SMILES string of the molecule is COCCNC(=O)c1sc2cccc(Br)c2c1N. The Bertz CT molecular complexity index is 583. The number of halogens is 1. The minimum absolute atomic E-state index is 0.155. The molecule has 1 aromatic heterocycles. The van der Waals surface area contributed by atoms with Crippen LogP contribution in [0.3, 0.4) is 0 Å². The maximum absolute atomic E-state index is 12.0. The smallest absolute Gasteiger partial charge is 0.263 e. The van der Waals surface area contributed by atoms with Gasteiger partial charge in [0.15, 0.2) is 0 Å². The molecule has 18 heavy (non-hydrogen) atoms. The summed E-state index contributed by atoms with van der Waals surface area (Å²) in [6.45, 7) is 0.963. The summed E-state index contributed by atoms with van der Waals surface area (Å²) in [7, 11) is 1.59. The van der Waals surface area contributed by atoms with E-state index in [1.165, 1.54) is 11.3 Å². The standard InChI is InChI=1S/C12H13BrN2O2S/c1-17-6-5-15-12(16)11-10(14)9-7(13)3-2-4-8(9)18-11/h2-4H,5-6,14H2,1H3,(H,15,16). The van der Waals surface area contributed by atoms with Crippen molar-refractivity contribution >= 4 is 48.9 Å². The van der Waals surface area contributed by atoms with Gasteiger partial charge in [-0.25, -0.2) is 0 Å². The van der Waals surface area contributed by atoms with Gasteiger partial charge in [0, 0.05) is 28.2 Å². The Labute approximate surface area is 117 Å². The number of thiophene rings is 1. The molecule has 1 heterocycles.